The minimum Gasteiger partial charge on any atom is -0.380 e. The minimum absolute atomic E-state index is 0.224. The molecule has 1 aliphatic rings. The third-order valence-corrected chi connectivity index (χ3v) is 4.92. The summed E-state index contributed by atoms with van der Waals surface area (Å²) in [5, 5.41) is 8.35. The number of fused-ring (bicyclic) bond motifs is 1. The van der Waals surface area contributed by atoms with Crippen molar-refractivity contribution in [2.75, 3.05) is 13.7 Å². The first-order chi connectivity index (χ1) is 11.7. The highest BCUT2D eigenvalue weighted by Gasteiger charge is 2.35. The van der Waals surface area contributed by atoms with Gasteiger partial charge >= 0.3 is 0 Å². The summed E-state index contributed by atoms with van der Waals surface area (Å²) in [6.07, 6.45) is 4.78. The van der Waals surface area contributed by atoms with Crippen LogP contribution in [0.25, 0.3) is 11.0 Å². The Morgan fingerprint density at radius 1 is 1.21 bits per heavy atom. The van der Waals surface area contributed by atoms with Gasteiger partial charge in [-0.1, -0.05) is 6.07 Å². The van der Waals surface area contributed by atoms with Gasteiger partial charge < -0.3 is 13.9 Å². The number of aromatic nitrogens is 5. The molecule has 3 aromatic rings. The Morgan fingerprint density at radius 3 is 2.83 bits per heavy atom. The molecule has 7 heteroatoms. The van der Waals surface area contributed by atoms with Crippen molar-refractivity contribution >= 4 is 11.0 Å². The van der Waals surface area contributed by atoms with E-state index < -0.39 is 0 Å². The molecule has 0 bridgehead atoms. The molecule has 7 nitrogen and oxygen atoms in total. The molecular formula is C17H22N6O. The zero-order valence-electron chi connectivity index (χ0n) is 14.3. The predicted molar refractivity (Wildman–Crippen MR) is 90.3 cm³/mol. The predicted octanol–water partition coefficient (Wildman–Crippen LogP) is 1.66. The van der Waals surface area contributed by atoms with Crippen LogP contribution in [0.3, 0.4) is 0 Å². The molecule has 3 heterocycles. The van der Waals surface area contributed by atoms with Crippen molar-refractivity contribution < 1.29 is 4.74 Å². The average molecular weight is 326 g/mol. The monoisotopic (exact) mass is 326 g/mol. The first-order valence-electron chi connectivity index (χ1n) is 8.16. The van der Waals surface area contributed by atoms with Crippen LogP contribution in [0.4, 0.5) is 0 Å². The van der Waals surface area contributed by atoms with E-state index in [2.05, 4.69) is 38.3 Å². The Hall–Kier alpha value is -2.25. The van der Waals surface area contributed by atoms with Crippen molar-refractivity contribution in [1.82, 2.24) is 29.2 Å². The molecule has 2 atom stereocenters. The number of imidazole rings is 1. The molecule has 24 heavy (non-hydrogen) atoms. The van der Waals surface area contributed by atoms with E-state index in [0.717, 1.165) is 36.4 Å². The summed E-state index contributed by atoms with van der Waals surface area (Å²) < 4.78 is 9.64. The lowest BCUT2D eigenvalue weighted by atomic mass is 10.1. The van der Waals surface area contributed by atoms with E-state index in [1.54, 1.807) is 13.4 Å². The summed E-state index contributed by atoms with van der Waals surface area (Å²) in [7, 11) is 5.79. The highest BCUT2D eigenvalue weighted by Crippen LogP contribution is 2.33. The molecule has 0 spiro atoms. The molecule has 1 aliphatic heterocycles. The van der Waals surface area contributed by atoms with Crippen LogP contribution in [0.2, 0.25) is 0 Å². The van der Waals surface area contributed by atoms with Gasteiger partial charge in [0.25, 0.3) is 0 Å². The molecule has 1 fully saturated rings. The minimum atomic E-state index is 0.224. The van der Waals surface area contributed by atoms with Crippen LogP contribution in [0.15, 0.2) is 30.9 Å². The number of benzene rings is 1. The Bertz CT molecular complexity index is 854. The smallest absolute Gasteiger partial charge is 0.150 e. The third-order valence-electron chi connectivity index (χ3n) is 4.92. The van der Waals surface area contributed by atoms with Gasteiger partial charge in [-0.15, -0.1) is 10.2 Å². The Labute approximate surface area is 140 Å². The van der Waals surface area contributed by atoms with Gasteiger partial charge in [-0.3, -0.25) is 4.90 Å². The summed E-state index contributed by atoms with van der Waals surface area (Å²) in [4.78, 5) is 6.88. The standard InChI is InChI=1S/C17H22N6O/c1-21-10-18-14-6-12(4-5-15(14)21)8-23-9-13(24-3)7-16(23)17-20-19-11-22(17)2/h4-6,10-11,13,16H,7-9H2,1-3H3/t13-,16+/m1/s1. The molecule has 0 N–H and O–H groups in total. The van der Waals surface area contributed by atoms with Gasteiger partial charge in [0.05, 0.1) is 29.5 Å². The fraction of sp³-hybridized carbons (Fsp3) is 0.471. The third kappa shape index (κ3) is 2.59. The number of ether oxygens (including phenoxy) is 1. The summed E-state index contributed by atoms with van der Waals surface area (Å²) in [5.41, 5.74) is 3.44. The van der Waals surface area contributed by atoms with Crippen molar-refractivity contribution in [3.05, 3.63) is 42.2 Å². The van der Waals surface area contributed by atoms with E-state index in [1.807, 2.05) is 29.6 Å². The van der Waals surface area contributed by atoms with Crippen LogP contribution in [0.1, 0.15) is 23.9 Å². The van der Waals surface area contributed by atoms with Crippen LogP contribution in [-0.2, 0) is 25.4 Å². The van der Waals surface area contributed by atoms with Crippen molar-refractivity contribution in [3.63, 3.8) is 0 Å². The number of rotatable bonds is 4. The highest BCUT2D eigenvalue weighted by molar-refractivity contribution is 5.75. The van der Waals surface area contributed by atoms with Crippen molar-refractivity contribution in [1.29, 1.82) is 0 Å². The largest absolute Gasteiger partial charge is 0.380 e. The Kier molecular flexibility index (Phi) is 3.82. The summed E-state index contributed by atoms with van der Waals surface area (Å²) in [5.74, 6) is 0.994. The molecule has 1 saturated heterocycles. The molecule has 2 aromatic heterocycles. The quantitative estimate of drug-likeness (QED) is 0.730. The molecule has 0 saturated carbocycles. The number of hydrogen-bond donors (Lipinski definition) is 0. The van der Waals surface area contributed by atoms with Crippen molar-refractivity contribution in [3.8, 4) is 0 Å². The summed E-state index contributed by atoms with van der Waals surface area (Å²) in [6, 6.07) is 6.71. The SMILES string of the molecule is CO[C@@H]1C[C@@H](c2nncn2C)N(Cc2ccc3c(c2)ncn3C)C1. The lowest BCUT2D eigenvalue weighted by Gasteiger charge is -2.23. The molecule has 0 amide bonds. The van der Waals surface area contributed by atoms with Gasteiger partial charge in [-0.05, 0) is 24.1 Å². The lowest BCUT2D eigenvalue weighted by molar-refractivity contribution is 0.107. The van der Waals surface area contributed by atoms with Gasteiger partial charge in [-0.25, -0.2) is 4.98 Å². The number of aryl methyl sites for hydroxylation is 2. The van der Waals surface area contributed by atoms with E-state index in [4.69, 9.17) is 4.74 Å². The van der Waals surface area contributed by atoms with E-state index in [1.165, 1.54) is 5.56 Å². The molecule has 0 radical (unpaired) electrons. The normalized spacial score (nSPS) is 21.8. The second-order valence-electron chi connectivity index (χ2n) is 6.52. The Morgan fingerprint density at radius 2 is 2.08 bits per heavy atom. The topological polar surface area (TPSA) is 61.0 Å². The Balaban J connectivity index is 1.61. The fourth-order valence-corrected chi connectivity index (χ4v) is 3.58. The van der Waals surface area contributed by atoms with Crippen LogP contribution in [-0.4, -0.2) is 49.0 Å². The number of nitrogens with zero attached hydrogens (tertiary/aromatic N) is 6. The second-order valence-corrected chi connectivity index (χ2v) is 6.52. The van der Waals surface area contributed by atoms with E-state index in [9.17, 15) is 0 Å². The van der Waals surface area contributed by atoms with Gasteiger partial charge in [0, 0.05) is 34.3 Å². The fourth-order valence-electron chi connectivity index (χ4n) is 3.58. The maximum absolute atomic E-state index is 5.61. The van der Waals surface area contributed by atoms with Gasteiger partial charge in [-0.2, -0.15) is 0 Å². The molecule has 126 valence electrons. The number of methoxy groups -OCH3 is 1. The van der Waals surface area contributed by atoms with E-state index in [0.29, 0.717) is 0 Å². The number of hydrogen-bond acceptors (Lipinski definition) is 5. The summed E-state index contributed by atoms with van der Waals surface area (Å²) >= 11 is 0. The molecule has 0 aliphatic carbocycles. The summed E-state index contributed by atoms with van der Waals surface area (Å²) in [6.45, 7) is 1.75. The molecule has 0 unspecified atom stereocenters. The van der Waals surface area contributed by atoms with Crippen LogP contribution in [0, 0.1) is 0 Å². The van der Waals surface area contributed by atoms with Crippen molar-refractivity contribution in [2.45, 2.75) is 25.1 Å². The molecular weight excluding hydrogens is 304 g/mol. The second kappa shape index (κ2) is 5.99. The maximum Gasteiger partial charge on any atom is 0.150 e. The van der Waals surface area contributed by atoms with E-state index in [-0.39, 0.29) is 12.1 Å². The van der Waals surface area contributed by atoms with Crippen molar-refractivity contribution in [2.24, 2.45) is 14.1 Å². The molecule has 4 rings (SSSR count). The van der Waals surface area contributed by atoms with Crippen LogP contribution in [0.5, 0.6) is 0 Å². The first kappa shape index (κ1) is 15.3. The first-order valence-corrected chi connectivity index (χ1v) is 8.16. The average Bonchev–Trinajstić information content (AvgIpc) is 3.27. The van der Waals surface area contributed by atoms with Crippen LogP contribution < -0.4 is 0 Å². The molecule has 1 aromatic carbocycles. The van der Waals surface area contributed by atoms with Gasteiger partial charge in [0.15, 0.2) is 0 Å². The number of likely N-dealkylation sites (tertiary alicyclic amines) is 1. The highest BCUT2D eigenvalue weighted by atomic mass is 16.5. The van der Waals surface area contributed by atoms with Gasteiger partial charge in [0.2, 0.25) is 0 Å². The van der Waals surface area contributed by atoms with Crippen LogP contribution >= 0.6 is 0 Å². The van der Waals surface area contributed by atoms with Gasteiger partial charge in [0.1, 0.15) is 12.2 Å². The maximum atomic E-state index is 5.61. The lowest BCUT2D eigenvalue weighted by Crippen LogP contribution is -2.26. The zero-order chi connectivity index (χ0) is 16.7. The van der Waals surface area contributed by atoms with E-state index >= 15 is 0 Å². The zero-order valence-corrected chi connectivity index (χ0v) is 14.3.